The van der Waals surface area contributed by atoms with Gasteiger partial charge >= 0.3 is 0 Å². The highest BCUT2D eigenvalue weighted by Gasteiger charge is 2.16. The summed E-state index contributed by atoms with van der Waals surface area (Å²) in [6.07, 6.45) is 6.82. The van der Waals surface area contributed by atoms with E-state index >= 15 is 0 Å². The summed E-state index contributed by atoms with van der Waals surface area (Å²) in [6.45, 7) is 6.14. The lowest BCUT2D eigenvalue weighted by molar-refractivity contribution is 0.106. The number of methoxy groups -OCH3 is 1. The van der Waals surface area contributed by atoms with Gasteiger partial charge in [-0.1, -0.05) is 6.92 Å². The molecule has 1 aliphatic heterocycles. The maximum absolute atomic E-state index is 5.41. The van der Waals surface area contributed by atoms with Crippen molar-refractivity contribution in [3.63, 3.8) is 0 Å². The Morgan fingerprint density at radius 3 is 2.88 bits per heavy atom. The first-order chi connectivity index (χ1) is 7.77. The van der Waals surface area contributed by atoms with E-state index < -0.39 is 0 Å². The summed E-state index contributed by atoms with van der Waals surface area (Å²) in [4.78, 5) is 0. The van der Waals surface area contributed by atoms with Crippen molar-refractivity contribution in [2.24, 2.45) is 0 Å². The van der Waals surface area contributed by atoms with Crippen LogP contribution in [-0.2, 0) is 9.47 Å². The van der Waals surface area contributed by atoms with E-state index in [9.17, 15) is 0 Å². The summed E-state index contributed by atoms with van der Waals surface area (Å²) in [5, 5.41) is 3.53. The molecule has 0 aromatic carbocycles. The Kier molecular flexibility index (Phi) is 6.50. The SMILES string of the molecule is CCNC(CCC(C)OC)C1=COCCC1. The molecule has 1 rings (SSSR count). The highest BCUT2D eigenvalue weighted by Crippen LogP contribution is 2.19. The summed E-state index contributed by atoms with van der Waals surface area (Å²) < 4.78 is 10.7. The van der Waals surface area contributed by atoms with E-state index in [0.29, 0.717) is 12.1 Å². The maximum Gasteiger partial charge on any atom is 0.0876 e. The zero-order valence-electron chi connectivity index (χ0n) is 10.8. The van der Waals surface area contributed by atoms with Crippen LogP contribution in [-0.4, -0.2) is 32.4 Å². The van der Waals surface area contributed by atoms with Crippen molar-refractivity contribution in [2.75, 3.05) is 20.3 Å². The molecule has 0 aliphatic carbocycles. The van der Waals surface area contributed by atoms with Gasteiger partial charge in [-0.2, -0.15) is 0 Å². The second-order valence-corrected chi connectivity index (χ2v) is 4.40. The van der Waals surface area contributed by atoms with Gasteiger partial charge in [0.2, 0.25) is 0 Å². The highest BCUT2D eigenvalue weighted by atomic mass is 16.5. The van der Waals surface area contributed by atoms with Crippen molar-refractivity contribution < 1.29 is 9.47 Å². The minimum Gasteiger partial charge on any atom is -0.501 e. The average Bonchev–Trinajstić information content (AvgIpc) is 2.35. The van der Waals surface area contributed by atoms with Crippen LogP contribution in [0.4, 0.5) is 0 Å². The molecule has 0 aromatic rings. The molecule has 0 fully saturated rings. The Morgan fingerprint density at radius 1 is 1.50 bits per heavy atom. The van der Waals surface area contributed by atoms with Crippen LogP contribution in [0.15, 0.2) is 11.8 Å². The van der Waals surface area contributed by atoms with E-state index in [0.717, 1.165) is 32.4 Å². The van der Waals surface area contributed by atoms with Crippen LogP contribution in [0.3, 0.4) is 0 Å². The minimum absolute atomic E-state index is 0.339. The monoisotopic (exact) mass is 227 g/mol. The van der Waals surface area contributed by atoms with Crippen LogP contribution in [0, 0.1) is 0 Å². The molecule has 3 heteroatoms. The summed E-state index contributed by atoms with van der Waals surface area (Å²) in [5.74, 6) is 0. The van der Waals surface area contributed by atoms with Crippen molar-refractivity contribution in [3.8, 4) is 0 Å². The molecule has 1 aliphatic rings. The van der Waals surface area contributed by atoms with Gasteiger partial charge in [-0.25, -0.2) is 0 Å². The predicted octanol–water partition coefficient (Wildman–Crippen LogP) is 2.47. The summed E-state index contributed by atoms with van der Waals surface area (Å²) >= 11 is 0. The van der Waals surface area contributed by atoms with E-state index in [-0.39, 0.29) is 0 Å². The van der Waals surface area contributed by atoms with Gasteiger partial charge in [-0.05, 0) is 44.7 Å². The molecule has 3 nitrogen and oxygen atoms in total. The first-order valence-electron chi connectivity index (χ1n) is 6.34. The normalized spacial score (nSPS) is 19.8. The van der Waals surface area contributed by atoms with E-state index in [2.05, 4.69) is 19.2 Å². The zero-order chi connectivity index (χ0) is 11.8. The third-order valence-corrected chi connectivity index (χ3v) is 3.12. The number of hydrogen-bond donors (Lipinski definition) is 1. The molecule has 0 radical (unpaired) electrons. The fraction of sp³-hybridized carbons (Fsp3) is 0.846. The van der Waals surface area contributed by atoms with E-state index in [1.807, 2.05) is 6.26 Å². The number of hydrogen-bond acceptors (Lipinski definition) is 3. The van der Waals surface area contributed by atoms with Gasteiger partial charge in [0.15, 0.2) is 0 Å². The molecule has 2 atom stereocenters. The van der Waals surface area contributed by atoms with Crippen molar-refractivity contribution >= 4 is 0 Å². The topological polar surface area (TPSA) is 30.5 Å². The first-order valence-corrected chi connectivity index (χ1v) is 6.34. The molecule has 2 unspecified atom stereocenters. The molecule has 0 saturated heterocycles. The Balaban J connectivity index is 2.42. The third kappa shape index (κ3) is 4.54. The third-order valence-electron chi connectivity index (χ3n) is 3.12. The summed E-state index contributed by atoms with van der Waals surface area (Å²) in [7, 11) is 1.77. The predicted molar refractivity (Wildman–Crippen MR) is 66.4 cm³/mol. The maximum atomic E-state index is 5.41. The molecule has 94 valence electrons. The largest absolute Gasteiger partial charge is 0.501 e. The fourth-order valence-electron chi connectivity index (χ4n) is 2.03. The first kappa shape index (κ1) is 13.5. The lowest BCUT2D eigenvalue weighted by Gasteiger charge is -2.24. The van der Waals surface area contributed by atoms with Crippen LogP contribution in [0.2, 0.25) is 0 Å². The molecular formula is C13H25NO2. The Morgan fingerprint density at radius 2 is 2.31 bits per heavy atom. The molecule has 0 amide bonds. The van der Waals surface area contributed by atoms with E-state index in [1.54, 1.807) is 7.11 Å². The van der Waals surface area contributed by atoms with Gasteiger partial charge < -0.3 is 14.8 Å². The number of nitrogens with one attached hydrogen (secondary N) is 1. The lowest BCUT2D eigenvalue weighted by atomic mass is 9.97. The van der Waals surface area contributed by atoms with E-state index in [1.165, 1.54) is 12.0 Å². The molecule has 0 spiro atoms. The van der Waals surface area contributed by atoms with Gasteiger partial charge in [0.1, 0.15) is 0 Å². The van der Waals surface area contributed by atoms with Crippen molar-refractivity contribution in [3.05, 3.63) is 11.8 Å². The van der Waals surface area contributed by atoms with Crippen LogP contribution < -0.4 is 5.32 Å². The van der Waals surface area contributed by atoms with Crippen molar-refractivity contribution in [2.45, 2.75) is 51.7 Å². The van der Waals surface area contributed by atoms with Crippen molar-refractivity contribution in [1.29, 1.82) is 0 Å². The Labute approximate surface area is 99.2 Å². The minimum atomic E-state index is 0.339. The summed E-state index contributed by atoms with van der Waals surface area (Å²) in [5.41, 5.74) is 1.41. The quantitative estimate of drug-likeness (QED) is 0.725. The molecule has 0 bridgehead atoms. The number of likely N-dealkylation sites (N-methyl/N-ethyl adjacent to an activating group) is 1. The second kappa shape index (κ2) is 7.69. The number of ether oxygens (including phenoxy) is 2. The van der Waals surface area contributed by atoms with Gasteiger partial charge in [0.05, 0.1) is 19.0 Å². The van der Waals surface area contributed by atoms with Crippen molar-refractivity contribution in [1.82, 2.24) is 5.32 Å². The summed E-state index contributed by atoms with van der Waals surface area (Å²) in [6, 6.07) is 0.461. The van der Waals surface area contributed by atoms with Gasteiger partial charge in [-0.3, -0.25) is 0 Å². The molecule has 1 heterocycles. The van der Waals surface area contributed by atoms with Crippen LogP contribution >= 0.6 is 0 Å². The van der Waals surface area contributed by atoms with Crippen LogP contribution in [0.1, 0.15) is 39.5 Å². The number of rotatable bonds is 7. The van der Waals surface area contributed by atoms with Gasteiger partial charge in [0.25, 0.3) is 0 Å². The van der Waals surface area contributed by atoms with E-state index in [4.69, 9.17) is 9.47 Å². The Hall–Kier alpha value is -0.540. The highest BCUT2D eigenvalue weighted by molar-refractivity contribution is 5.09. The standard InChI is InChI=1S/C13H25NO2/c1-4-14-13(8-7-11(2)15-3)12-6-5-9-16-10-12/h10-11,13-14H,4-9H2,1-3H3. The second-order valence-electron chi connectivity index (χ2n) is 4.40. The molecule has 0 aromatic heterocycles. The average molecular weight is 227 g/mol. The zero-order valence-corrected chi connectivity index (χ0v) is 10.8. The van der Waals surface area contributed by atoms with Crippen LogP contribution in [0.5, 0.6) is 0 Å². The molecular weight excluding hydrogens is 202 g/mol. The Bertz CT molecular complexity index is 216. The molecule has 0 saturated carbocycles. The van der Waals surface area contributed by atoms with Gasteiger partial charge in [0, 0.05) is 13.2 Å². The lowest BCUT2D eigenvalue weighted by Crippen LogP contribution is -2.32. The smallest absolute Gasteiger partial charge is 0.0876 e. The van der Waals surface area contributed by atoms with Crippen LogP contribution in [0.25, 0.3) is 0 Å². The molecule has 16 heavy (non-hydrogen) atoms. The molecule has 1 N–H and O–H groups in total. The van der Waals surface area contributed by atoms with Gasteiger partial charge in [-0.15, -0.1) is 0 Å². The fourth-order valence-corrected chi connectivity index (χ4v) is 2.03.